The van der Waals surface area contributed by atoms with Crippen LogP contribution in [0.5, 0.6) is 0 Å². The molecule has 1 saturated carbocycles. The number of nitrogens with one attached hydrogen (secondary N) is 1. The summed E-state index contributed by atoms with van der Waals surface area (Å²) in [5.41, 5.74) is -0.396. The molecule has 1 N–H and O–H groups in total. The van der Waals surface area contributed by atoms with Crippen molar-refractivity contribution in [2.24, 2.45) is 0 Å². The molecule has 0 amide bonds. The Morgan fingerprint density at radius 1 is 1.60 bits per heavy atom. The number of hydrogen-bond donors (Lipinski definition) is 1. The van der Waals surface area contributed by atoms with Gasteiger partial charge in [0, 0.05) is 0 Å². The Morgan fingerprint density at radius 3 is 2.30 bits per heavy atom. The van der Waals surface area contributed by atoms with Gasteiger partial charge in [-0.15, -0.1) is 0 Å². The Balaban J connectivity index is 2.55. The molecule has 0 aromatic heterocycles. The van der Waals surface area contributed by atoms with Crippen LogP contribution in [0.2, 0.25) is 0 Å². The summed E-state index contributed by atoms with van der Waals surface area (Å²) in [6.45, 7) is 0. The summed E-state index contributed by atoms with van der Waals surface area (Å²) in [5, 5.41) is 2.89. The average Bonchev–Trinajstić information content (AvgIpc) is 1.86. The molecule has 0 spiro atoms. The largest absolute Gasteiger partial charge is 0.450 e. The SMILES string of the molecule is O=C(OP)C1(NP)CCC1. The van der Waals surface area contributed by atoms with Crippen LogP contribution < -0.4 is 5.09 Å². The van der Waals surface area contributed by atoms with Gasteiger partial charge in [-0.3, -0.25) is 5.09 Å². The fraction of sp³-hybridized carbons (Fsp3) is 0.800. The molecule has 0 aromatic rings. The lowest BCUT2D eigenvalue weighted by atomic mass is 9.78. The Labute approximate surface area is 64.8 Å². The van der Waals surface area contributed by atoms with Crippen molar-refractivity contribution >= 4 is 24.8 Å². The Hall–Kier alpha value is 0.290. The highest BCUT2D eigenvalue weighted by molar-refractivity contribution is 7.14. The smallest absolute Gasteiger partial charge is 0.328 e. The summed E-state index contributed by atoms with van der Waals surface area (Å²) in [5.74, 6) is -0.182. The topological polar surface area (TPSA) is 38.3 Å². The van der Waals surface area contributed by atoms with E-state index in [1.165, 1.54) is 0 Å². The lowest BCUT2D eigenvalue weighted by Gasteiger charge is -2.37. The third-order valence-corrected chi connectivity index (χ3v) is 2.75. The first-order valence-corrected chi connectivity index (χ1v) is 4.19. The second-order valence-electron chi connectivity index (χ2n) is 2.49. The molecule has 1 fully saturated rings. The van der Waals surface area contributed by atoms with E-state index < -0.39 is 5.54 Å². The number of carbonyl (C=O) groups is 1. The molecule has 2 unspecified atom stereocenters. The van der Waals surface area contributed by atoms with E-state index >= 15 is 0 Å². The first-order valence-electron chi connectivity index (χ1n) is 3.14. The maximum absolute atomic E-state index is 11.0. The molecule has 0 bridgehead atoms. The van der Waals surface area contributed by atoms with Gasteiger partial charge in [-0.2, -0.15) is 0 Å². The molecule has 2 atom stereocenters. The van der Waals surface area contributed by atoms with Crippen LogP contribution in [-0.2, 0) is 9.32 Å². The molecular weight excluding hydrogens is 168 g/mol. The predicted octanol–water partition coefficient (Wildman–Crippen LogP) is 0.622. The van der Waals surface area contributed by atoms with Crippen LogP contribution >= 0.6 is 18.9 Å². The van der Waals surface area contributed by atoms with Gasteiger partial charge in [-0.1, -0.05) is 9.39 Å². The molecule has 0 aliphatic heterocycles. The highest BCUT2D eigenvalue weighted by Crippen LogP contribution is 2.34. The van der Waals surface area contributed by atoms with E-state index in [0.717, 1.165) is 19.3 Å². The summed E-state index contributed by atoms with van der Waals surface area (Å²) in [6.07, 6.45) is 2.86. The second-order valence-corrected chi connectivity index (χ2v) is 3.01. The van der Waals surface area contributed by atoms with Crippen LogP contribution in [-0.4, -0.2) is 11.5 Å². The first kappa shape index (κ1) is 8.39. The van der Waals surface area contributed by atoms with Crippen molar-refractivity contribution in [3.63, 3.8) is 0 Å². The number of rotatable bonds is 2. The van der Waals surface area contributed by atoms with E-state index in [2.05, 4.69) is 19.0 Å². The molecule has 10 heavy (non-hydrogen) atoms. The maximum atomic E-state index is 11.0. The van der Waals surface area contributed by atoms with Crippen molar-refractivity contribution in [1.29, 1.82) is 0 Å². The lowest BCUT2D eigenvalue weighted by Crippen LogP contribution is -2.53. The fourth-order valence-electron chi connectivity index (χ4n) is 1.05. The minimum Gasteiger partial charge on any atom is -0.450 e. The zero-order valence-electron chi connectivity index (χ0n) is 5.59. The van der Waals surface area contributed by atoms with Gasteiger partial charge in [0.1, 0.15) is 5.54 Å². The standard InChI is InChI=1S/C5H11NO2P2/c7-4(8-10)5(6-9)2-1-3-5/h6H,1-3,9-10H2. The van der Waals surface area contributed by atoms with Crippen molar-refractivity contribution in [3.05, 3.63) is 0 Å². The van der Waals surface area contributed by atoms with Crippen molar-refractivity contribution in [1.82, 2.24) is 5.09 Å². The molecule has 0 saturated heterocycles. The van der Waals surface area contributed by atoms with Crippen LogP contribution in [0.1, 0.15) is 19.3 Å². The third kappa shape index (κ3) is 1.18. The van der Waals surface area contributed by atoms with Gasteiger partial charge >= 0.3 is 5.97 Å². The minimum atomic E-state index is -0.396. The third-order valence-electron chi connectivity index (χ3n) is 1.98. The van der Waals surface area contributed by atoms with E-state index in [1.54, 1.807) is 0 Å². The number of carbonyl (C=O) groups excluding carboxylic acids is 1. The van der Waals surface area contributed by atoms with Crippen LogP contribution in [0.25, 0.3) is 0 Å². The van der Waals surface area contributed by atoms with Crippen LogP contribution in [0.3, 0.4) is 0 Å². The van der Waals surface area contributed by atoms with Gasteiger partial charge < -0.3 is 4.52 Å². The van der Waals surface area contributed by atoms with Crippen LogP contribution in [0, 0.1) is 0 Å². The van der Waals surface area contributed by atoms with Gasteiger partial charge in [0.2, 0.25) is 0 Å². The molecule has 58 valence electrons. The van der Waals surface area contributed by atoms with Gasteiger partial charge in [-0.25, -0.2) is 4.79 Å². The zero-order valence-corrected chi connectivity index (χ0v) is 7.90. The summed E-state index contributed by atoms with van der Waals surface area (Å²) in [7, 11) is 4.33. The van der Waals surface area contributed by atoms with Gasteiger partial charge in [0.15, 0.2) is 0 Å². The van der Waals surface area contributed by atoms with E-state index in [9.17, 15) is 4.79 Å². The molecular formula is C5H11NO2P2. The maximum Gasteiger partial charge on any atom is 0.328 e. The summed E-state index contributed by atoms with van der Waals surface area (Å²) in [4.78, 5) is 11.0. The van der Waals surface area contributed by atoms with Crippen LogP contribution in [0.4, 0.5) is 0 Å². The zero-order chi connectivity index (χ0) is 7.61. The Morgan fingerprint density at radius 2 is 2.20 bits per heavy atom. The van der Waals surface area contributed by atoms with Crippen LogP contribution in [0.15, 0.2) is 0 Å². The fourth-order valence-corrected chi connectivity index (χ4v) is 1.68. The first-order chi connectivity index (χ1) is 4.75. The minimum absolute atomic E-state index is 0.182. The summed E-state index contributed by atoms with van der Waals surface area (Å²) >= 11 is 0. The van der Waals surface area contributed by atoms with Gasteiger partial charge in [0.25, 0.3) is 0 Å². The lowest BCUT2D eigenvalue weighted by molar-refractivity contribution is -0.143. The van der Waals surface area contributed by atoms with E-state index in [4.69, 9.17) is 0 Å². The normalized spacial score (nSPS) is 21.4. The molecule has 1 aliphatic carbocycles. The molecule has 0 aromatic carbocycles. The molecule has 5 heteroatoms. The molecule has 3 nitrogen and oxygen atoms in total. The number of hydrogen-bond acceptors (Lipinski definition) is 3. The second kappa shape index (κ2) is 3.13. The van der Waals surface area contributed by atoms with Crippen molar-refractivity contribution in [2.45, 2.75) is 24.8 Å². The molecule has 1 rings (SSSR count). The van der Waals surface area contributed by atoms with E-state index in [1.807, 2.05) is 9.47 Å². The van der Waals surface area contributed by atoms with E-state index in [-0.39, 0.29) is 5.97 Å². The van der Waals surface area contributed by atoms with Gasteiger partial charge in [-0.05, 0) is 19.3 Å². The van der Waals surface area contributed by atoms with E-state index in [0.29, 0.717) is 0 Å². The summed E-state index contributed by atoms with van der Waals surface area (Å²) in [6, 6.07) is 0. The highest BCUT2D eigenvalue weighted by Gasteiger charge is 2.43. The Bertz CT molecular complexity index is 141. The molecule has 0 heterocycles. The van der Waals surface area contributed by atoms with Crippen molar-refractivity contribution in [3.8, 4) is 0 Å². The highest BCUT2D eigenvalue weighted by atomic mass is 31.0. The predicted molar refractivity (Wildman–Crippen MR) is 45.2 cm³/mol. The Kier molecular flexibility index (Phi) is 2.62. The quantitative estimate of drug-likeness (QED) is 0.631. The van der Waals surface area contributed by atoms with Crippen molar-refractivity contribution in [2.75, 3.05) is 0 Å². The monoisotopic (exact) mass is 179 g/mol. The molecule has 1 aliphatic rings. The van der Waals surface area contributed by atoms with Crippen molar-refractivity contribution < 1.29 is 9.32 Å². The summed E-state index contributed by atoms with van der Waals surface area (Å²) < 4.78 is 4.55. The van der Waals surface area contributed by atoms with Gasteiger partial charge in [0.05, 0.1) is 9.47 Å². The average molecular weight is 179 g/mol. The molecule has 0 radical (unpaired) electrons.